The molecule has 1 heterocycles. The second kappa shape index (κ2) is 5.22. The molecule has 0 saturated carbocycles. The second-order valence-corrected chi connectivity index (χ2v) is 4.03. The summed E-state index contributed by atoms with van der Waals surface area (Å²) in [6.07, 6.45) is 2.87. The zero-order chi connectivity index (χ0) is 13.0. The normalized spacial score (nSPS) is 11.7. The average Bonchev–Trinajstić information content (AvgIpc) is 2.72. The van der Waals surface area contributed by atoms with Gasteiger partial charge in [-0.05, 0) is 11.6 Å². The Balaban J connectivity index is 2.05. The molecule has 6 heteroatoms. The van der Waals surface area contributed by atoms with Crippen LogP contribution < -0.4 is 27.2 Å². The topological polar surface area (TPSA) is 122 Å². The maximum absolute atomic E-state index is 5.63. The van der Waals surface area contributed by atoms with E-state index in [4.69, 9.17) is 17.2 Å². The number of guanidine groups is 2. The van der Waals surface area contributed by atoms with Crippen LogP contribution in [-0.4, -0.2) is 23.4 Å². The van der Waals surface area contributed by atoms with E-state index in [1.807, 2.05) is 18.3 Å². The summed E-state index contributed by atoms with van der Waals surface area (Å²) < 4.78 is 0. The van der Waals surface area contributed by atoms with Gasteiger partial charge in [0.25, 0.3) is 0 Å². The van der Waals surface area contributed by atoms with Crippen LogP contribution >= 0.6 is 0 Å². The van der Waals surface area contributed by atoms with Gasteiger partial charge in [-0.2, -0.15) is 4.99 Å². The molecule has 2 aromatic rings. The van der Waals surface area contributed by atoms with Crippen molar-refractivity contribution in [2.45, 2.75) is 6.42 Å². The minimum Gasteiger partial charge on any atom is -0.361 e. The number of benzene rings is 1. The Labute approximate surface area is 105 Å². The van der Waals surface area contributed by atoms with Gasteiger partial charge in [-0.1, -0.05) is 18.2 Å². The van der Waals surface area contributed by atoms with Crippen LogP contribution in [0.4, 0.5) is 0 Å². The van der Waals surface area contributed by atoms with Gasteiger partial charge in [0, 0.05) is 23.5 Å². The maximum Gasteiger partial charge on any atom is 0.385 e. The smallest absolute Gasteiger partial charge is 0.361 e. The van der Waals surface area contributed by atoms with Gasteiger partial charge < -0.3 is 4.98 Å². The van der Waals surface area contributed by atoms with E-state index in [2.05, 4.69) is 27.1 Å². The first-order valence-electron chi connectivity index (χ1n) is 5.73. The van der Waals surface area contributed by atoms with Crippen LogP contribution in [-0.2, 0) is 6.42 Å². The molecule has 0 amide bonds. The molecule has 0 atom stereocenters. The molecule has 94 valence electrons. The number of fused-ring (bicyclic) bond motifs is 1. The van der Waals surface area contributed by atoms with Crippen molar-refractivity contribution in [3.8, 4) is 0 Å². The first kappa shape index (κ1) is 12.0. The average molecular weight is 246 g/mol. The number of para-hydroxylation sites is 1. The van der Waals surface area contributed by atoms with Crippen LogP contribution in [0.25, 0.3) is 10.9 Å². The summed E-state index contributed by atoms with van der Waals surface area (Å²) in [4.78, 5) is 8.85. The van der Waals surface area contributed by atoms with Crippen LogP contribution in [0, 0.1) is 0 Å². The molecule has 0 radical (unpaired) electrons. The molecule has 1 aromatic heterocycles. The van der Waals surface area contributed by atoms with Gasteiger partial charge in [-0.3, -0.25) is 22.2 Å². The van der Waals surface area contributed by atoms with Crippen molar-refractivity contribution in [2.24, 2.45) is 17.2 Å². The highest BCUT2D eigenvalue weighted by molar-refractivity contribution is 5.83. The lowest BCUT2D eigenvalue weighted by Crippen LogP contribution is -2.98. The molecule has 9 N–H and O–H groups in total. The molecule has 0 fully saturated rings. The summed E-state index contributed by atoms with van der Waals surface area (Å²) in [5.74, 6) is 0.432. The highest BCUT2D eigenvalue weighted by Gasteiger charge is 2.03. The molecule has 0 bridgehead atoms. The Kier molecular flexibility index (Phi) is 3.47. The second-order valence-electron chi connectivity index (χ2n) is 4.03. The number of nitrogens with two attached hydrogens (primary N) is 3. The maximum atomic E-state index is 5.63. The van der Waals surface area contributed by atoms with E-state index in [-0.39, 0.29) is 5.96 Å². The number of hydrogen-bond acceptors (Lipinski definition) is 0. The van der Waals surface area contributed by atoms with Gasteiger partial charge in [0.05, 0.1) is 6.54 Å². The number of aromatic nitrogens is 1. The number of rotatable bonds is 3. The van der Waals surface area contributed by atoms with Crippen LogP contribution in [0.2, 0.25) is 0 Å². The summed E-state index contributed by atoms with van der Waals surface area (Å²) in [6, 6.07) is 8.19. The molecule has 2 rings (SSSR count). The zero-order valence-electron chi connectivity index (χ0n) is 10.0. The van der Waals surface area contributed by atoms with Crippen LogP contribution in [0.3, 0.4) is 0 Å². The fourth-order valence-electron chi connectivity index (χ4n) is 1.87. The van der Waals surface area contributed by atoms with E-state index in [0.717, 1.165) is 11.9 Å². The lowest BCUT2D eigenvalue weighted by molar-refractivity contribution is -0.522. The Hall–Kier alpha value is -2.50. The first-order chi connectivity index (χ1) is 8.66. The van der Waals surface area contributed by atoms with E-state index < -0.39 is 0 Å². The van der Waals surface area contributed by atoms with Gasteiger partial charge in [0.1, 0.15) is 0 Å². The van der Waals surface area contributed by atoms with E-state index in [9.17, 15) is 0 Å². The predicted molar refractivity (Wildman–Crippen MR) is 71.4 cm³/mol. The number of aromatic amines is 1. The van der Waals surface area contributed by atoms with Gasteiger partial charge >= 0.3 is 11.9 Å². The third kappa shape index (κ3) is 2.79. The Morgan fingerprint density at radius 3 is 2.72 bits per heavy atom. The van der Waals surface area contributed by atoms with Crippen molar-refractivity contribution in [1.82, 2.24) is 4.98 Å². The minimum absolute atomic E-state index is 0.0760. The van der Waals surface area contributed by atoms with Gasteiger partial charge in [-0.25, -0.2) is 0 Å². The summed E-state index contributed by atoms with van der Waals surface area (Å²) in [6.45, 7) is 0.702. The standard InChI is InChI=1S/C12H16N6/c13-11(14)18-12(15)16-6-5-8-7-17-10-4-2-1-3-9(8)10/h1-4,7,17H,5-6H2,(H6,13,14,15,16,18)/p+2. The van der Waals surface area contributed by atoms with Crippen LogP contribution in [0.15, 0.2) is 30.5 Å². The first-order valence-corrected chi connectivity index (χ1v) is 5.73. The highest BCUT2D eigenvalue weighted by atomic mass is 15.1. The van der Waals surface area contributed by atoms with E-state index in [0.29, 0.717) is 12.5 Å². The predicted octanol–water partition coefficient (Wildman–Crippen LogP) is -3.54. The monoisotopic (exact) mass is 246 g/mol. The lowest BCUT2D eigenvalue weighted by Gasteiger charge is -1.95. The van der Waals surface area contributed by atoms with Gasteiger partial charge in [-0.15, -0.1) is 0 Å². The molecule has 0 unspecified atom stereocenters. The molecule has 0 aliphatic heterocycles. The minimum atomic E-state index is 0.0760. The molecule has 0 saturated heterocycles. The Morgan fingerprint density at radius 1 is 1.17 bits per heavy atom. The summed E-state index contributed by atoms with van der Waals surface area (Å²) in [5.41, 5.74) is 18.6. The highest BCUT2D eigenvalue weighted by Crippen LogP contribution is 2.17. The summed E-state index contributed by atoms with van der Waals surface area (Å²) in [5, 5.41) is 1.23. The molecular weight excluding hydrogens is 228 g/mol. The number of nitrogens with one attached hydrogen (secondary N) is 3. The third-order valence-corrected chi connectivity index (χ3v) is 2.66. The van der Waals surface area contributed by atoms with Crippen molar-refractivity contribution >= 4 is 22.8 Å². The van der Waals surface area contributed by atoms with Crippen molar-refractivity contribution in [3.05, 3.63) is 36.0 Å². The third-order valence-electron chi connectivity index (χ3n) is 2.66. The molecule has 0 aliphatic rings. The molecular formula is C12H18N6+2. The van der Waals surface area contributed by atoms with Crippen molar-refractivity contribution < 1.29 is 9.98 Å². The van der Waals surface area contributed by atoms with Gasteiger partial charge in [0.2, 0.25) is 0 Å². The van der Waals surface area contributed by atoms with E-state index >= 15 is 0 Å². The van der Waals surface area contributed by atoms with Crippen LogP contribution in [0.5, 0.6) is 0 Å². The van der Waals surface area contributed by atoms with E-state index in [1.54, 1.807) is 0 Å². The Bertz CT molecular complexity index is 591. The number of hydrogen-bond donors (Lipinski definition) is 6. The quantitative estimate of drug-likeness (QED) is 0.248. The lowest BCUT2D eigenvalue weighted by atomic mass is 10.1. The molecule has 6 nitrogen and oxygen atoms in total. The fourth-order valence-corrected chi connectivity index (χ4v) is 1.87. The molecule has 0 spiro atoms. The van der Waals surface area contributed by atoms with Crippen molar-refractivity contribution in [3.63, 3.8) is 0 Å². The fraction of sp³-hybridized carbons (Fsp3) is 0.167. The Morgan fingerprint density at radius 2 is 1.94 bits per heavy atom. The van der Waals surface area contributed by atoms with Crippen molar-refractivity contribution in [2.75, 3.05) is 6.54 Å². The molecule has 0 aliphatic carbocycles. The number of H-pyrrole nitrogens is 1. The largest absolute Gasteiger partial charge is 0.385 e. The summed E-state index contributed by atoms with van der Waals surface area (Å²) in [7, 11) is 0. The van der Waals surface area contributed by atoms with Gasteiger partial charge in [0.15, 0.2) is 0 Å². The van der Waals surface area contributed by atoms with Crippen molar-refractivity contribution in [1.29, 1.82) is 0 Å². The SMILES string of the molecule is NC(N)=[NH+]C(N)=[NH+]CCc1c[nH]c2ccccc12. The van der Waals surface area contributed by atoms with Crippen LogP contribution in [0.1, 0.15) is 5.56 Å². The summed E-state index contributed by atoms with van der Waals surface area (Å²) >= 11 is 0. The zero-order valence-corrected chi connectivity index (χ0v) is 10.0. The van der Waals surface area contributed by atoms with E-state index in [1.165, 1.54) is 10.9 Å². The molecule has 1 aromatic carbocycles. The molecule has 18 heavy (non-hydrogen) atoms.